The highest BCUT2D eigenvalue weighted by Crippen LogP contribution is 2.29. The molecule has 0 spiro atoms. The van der Waals surface area contributed by atoms with E-state index in [-0.39, 0.29) is 12.4 Å². The van der Waals surface area contributed by atoms with E-state index in [1.165, 1.54) is 0 Å². The molecule has 0 aliphatic rings. The molecule has 0 saturated heterocycles. The second kappa shape index (κ2) is 9.20. The molecule has 27 heavy (non-hydrogen) atoms. The van der Waals surface area contributed by atoms with E-state index in [4.69, 9.17) is 20.6 Å². The molecule has 0 amide bonds. The van der Waals surface area contributed by atoms with Crippen LogP contribution >= 0.6 is 0 Å². The third-order valence-corrected chi connectivity index (χ3v) is 3.64. The molecule has 9 heteroatoms. The van der Waals surface area contributed by atoms with Crippen molar-refractivity contribution < 1.29 is 31.4 Å². The van der Waals surface area contributed by atoms with Crippen LogP contribution in [0.3, 0.4) is 0 Å². The van der Waals surface area contributed by atoms with Crippen molar-refractivity contribution in [2.24, 2.45) is 5.73 Å². The van der Waals surface area contributed by atoms with Gasteiger partial charge in [-0.1, -0.05) is 0 Å². The van der Waals surface area contributed by atoms with Gasteiger partial charge in [-0.15, -0.1) is 0 Å². The zero-order valence-electron chi connectivity index (χ0n) is 14.1. The molecule has 146 valence electrons. The van der Waals surface area contributed by atoms with Crippen LogP contribution in [0, 0.1) is 34.5 Å². The van der Waals surface area contributed by atoms with Crippen LogP contribution in [-0.2, 0) is 0 Å². The minimum absolute atomic E-state index is 0.0460. The van der Waals surface area contributed by atoms with Crippen molar-refractivity contribution in [2.75, 3.05) is 13.2 Å². The number of unbranched alkanes of at least 4 members (excludes halogenated alkanes) is 2. The molecule has 0 heterocycles. The number of hydrogen-bond acceptors (Lipinski definition) is 3. The number of benzene rings is 2. The van der Waals surface area contributed by atoms with Gasteiger partial charge < -0.3 is 15.2 Å². The molecule has 0 atom stereocenters. The molecule has 3 N–H and O–H groups in total. The van der Waals surface area contributed by atoms with E-state index in [0.29, 0.717) is 37.2 Å². The zero-order chi connectivity index (χ0) is 20.0. The normalized spacial score (nSPS) is 10.7. The van der Waals surface area contributed by atoms with Crippen LogP contribution in [0.1, 0.15) is 24.8 Å². The van der Waals surface area contributed by atoms with Gasteiger partial charge in [-0.2, -0.15) is 8.78 Å². The van der Waals surface area contributed by atoms with Crippen LogP contribution in [0.25, 0.3) is 0 Å². The Morgan fingerprint density at radius 2 is 1.22 bits per heavy atom. The number of nitrogen functional groups attached to an aromatic ring is 1. The number of halogens is 5. The second-order valence-electron chi connectivity index (χ2n) is 5.59. The fourth-order valence-corrected chi connectivity index (χ4v) is 2.19. The predicted molar refractivity (Wildman–Crippen MR) is 88.5 cm³/mol. The van der Waals surface area contributed by atoms with E-state index in [1.54, 1.807) is 24.3 Å². The maximum absolute atomic E-state index is 13.4. The van der Waals surface area contributed by atoms with Gasteiger partial charge in [-0.3, -0.25) is 5.41 Å². The maximum atomic E-state index is 13.4. The second-order valence-corrected chi connectivity index (χ2v) is 5.59. The number of hydrogen-bond donors (Lipinski definition) is 2. The van der Waals surface area contributed by atoms with E-state index in [2.05, 4.69) is 0 Å². The van der Waals surface area contributed by atoms with Crippen LogP contribution in [0.2, 0.25) is 0 Å². The highest BCUT2D eigenvalue weighted by Gasteiger charge is 2.26. The quantitative estimate of drug-likeness (QED) is 0.168. The molecule has 0 radical (unpaired) electrons. The van der Waals surface area contributed by atoms with E-state index in [1.807, 2.05) is 0 Å². The Kier molecular flexibility index (Phi) is 6.98. The van der Waals surface area contributed by atoms with Crippen molar-refractivity contribution in [3.8, 4) is 11.5 Å². The third kappa shape index (κ3) is 5.08. The minimum atomic E-state index is -2.22. The van der Waals surface area contributed by atoms with Gasteiger partial charge >= 0.3 is 0 Å². The average Bonchev–Trinajstić information content (AvgIpc) is 2.66. The molecular formula is C18H17F5N2O2. The summed E-state index contributed by atoms with van der Waals surface area (Å²) in [5, 5.41) is 7.28. The number of nitrogens with one attached hydrogen (secondary N) is 1. The average molecular weight is 388 g/mol. The number of amidine groups is 1. The summed E-state index contributed by atoms with van der Waals surface area (Å²) in [4.78, 5) is 0. The molecule has 4 nitrogen and oxygen atoms in total. The zero-order valence-corrected chi connectivity index (χ0v) is 14.1. The lowest BCUT2D eigenvalue weighted by atomic mass is 10.2. The standard InChI is InChI=1S/C18H17F5N2O2/c19-12-13(20)15(22)17(16(23)14(12)21)27-9-3-1-2-8-26-11-6-4-10(5-7-11)18(24)25/h4-7H,1-3,8-9H2,(H3,24,25). The van der Waals surface area contributed by atoms with Gasteiger partial charge in [0.05, 0.1) is 13.2 Å². The first-order valence-electron chi connectivity index (χ1n) is 8.04. The molecule has 0 saturated carbocycles. The number of ether oxygens (including phenoxy) is 2. The Labute approximate surface area is 152 Å². The summed E-state index contributed by atoms with van der Waals surface area (Å²) < 4.78 is 76.0. The number of nitrogens with two attached hydrogens (primary N) is 1. The first-order chi connectivity index (χ1) is 12.8. The van der Waals surface area contributed by atoms with Gasteiger partial charge in [0.25, 0.3) is 0 Å². The van der Waals surface area contributed by atoms with Crippen LogP contribution in [0.5, 0.6) is 11.5 Å². The van der Waals surface area contributed by atoms with E-state index < -0.39 is 34.8 Å². The van der Waals surface area contributed by atoms with E-state index >= 15 is 0 Å². The third-order valence-electron chi connectivity index (χ3n) is 3.64. The first kappa shape index (κ1) is 20.5. The van der Waals surface area contributed by atoms with Crippen molar-refractivity contribution in [1.29, 1.82) is 5.41 Å². The van der Waals surface area contributed by atoms with Crippen molar-refractivity contribution in [3.05, 3.63) is 58.9 Å². The molecule has 0 aromatic heterocycles. The monoisotopic (exact) mass is 388 g/mol. The maximum Gasteiger partial charge on any atom is 0.206 e. The molecule has 0 unspecified atom stereocenters. The Morgan fingerprint density at radius 3 is 1.74 bits per heavy atom. The summed E-state index contributed by atoms with van der Waals surface area (Å²) in [7, 11) is 0. The molecule has 2 rings (SSSR count). The van der Waals surface area contributed by atoms with Gasteiger partial charge in [0, 0.05) is 5.56 Å². The lowest BCUT2D eigenvalue weighted by Gasteiger charge is -2.10. The fourth-order valence-electron chi connectivity index (χ4n) is 2.19. The Hall–Kier alpha value is -2.84. The first-order valence-corrected chi connectivity index (χ1v) is 8.04. The number of rotatable bonds is 9. The molecule has 0 aliphatic heterocycles. The Balaban J connectivity index is 1.72. The topological polar surface area (TPSA) is 68.3 Å². The fraction of sp³-hybridized carbons (Fsp3) is 0.278. The Morgan fingerprint density at radius 1 is 0.741 bits per heavy atom. The lowest BCUT2D eigenvalue weighted by molar-refractivity contribution is 0.248. The summed E-state index contributed by atoms with van der Waals surface area (Å²) in [5.41, 5.74) is 5.92. The molecule has 2 aromatic rings. The molecule has 2 aromatic carbocycles. The predicted octanol–water partition coefficient (Wildman–Crippen LogP) is 4.29. The van der Waals surface area contributed by atoms with Gasteiger partial charge in [0.2, 0.25) is 29.1 Å². The molecule has 0 aliphatic carbocycles. The van der Waals surface area contributed by atoms with Crippen LogP contribution in [0.15, 0.2) is 24.3 Å². The van der Waals surface area contributed by atoms with E-state index in [9.17, 15) is 22.0 Å². The lowest BCUT2D eigenvalue weighted by Crippen LogP contribution is -2.10. The van der Waals surface area contributed by atoms with Crippen LogP contribution in [-0.4, -0.2) is 19.0 Å². The van der Waals surface area contributed by atoms with Gasteiger partial charge in [0.15, 0.2) is 5.75 Å². The van der Waals surface area contributed by atoms with Crippen molar-refractivity contribution in [3.63, 3.8) is 0 Å². The van der Waals surface area contributed by atoms with Crippen molar-refractivity contribution >= 4 is 5.84 Å². The highest BCUT2D eigenvalue weighted by atomic mass is 19.2. The molecule has 0 fully saturated rings. The van der Waals surface area contributed by atoms with Gasteiger partial charge in [-0.05, 0) is 43.5 Å². The van der Waals surface area contributed by atoms with Crippen molar-refractivity contribution in [2.45, 2.75) is 19.3 Å². The SMILES string of the molecule is N=C(N)c1ccc(OCCCCCOc2c(F)c(F)c(F)c(F)c2F)cc1. The molecule has 0 bridgehead atoms. The van der Waals surface area contributed by atoms with E-state index in [0.717, 1.165) is 0 Å². The molecular weight excluding hydrogens is 371 g/mol. The summed E-state index contributed by atoms with van der Waals surface area (Å²) in [6.45, 7) is 0.160. The smallest absolute Gasteiger partial charge is 0.206 e. The van der Waals surface area contributed by atoms with Crippen molar-refractivity contribution in [1.82, 2.24) is 0 Å². The Bertz CT molecular complexity index is 783. The van der Waals surface area contributed by atoms with Gasteiger partial charge in [-0.25, -0.2) is 13.2 Å². The minimum Gasteiger partial charge on any atom is -0.494 e. The largest absolute Gasteiger partial charge is 0.494 e. The van der Waals surface area contributed by atoms with Gasteiger partial charge in [0.1, 0.15) is 11.6 Å². The summed E-state index contributed by atoms with van der Waals surface area (Å²) in [6, 6.07) is 6.64. The summed E-state index contributed by atoms with van der Waals surface area (Å²) in [6.07, 6.45) is 1.49. The van der Waals surface area contributed by atoms with Crippen LogP contribution < -0.4 is 15.2 Å². The van der Waals surface area contributed by atoms with Crippen LogP contribution in [0.4, 0.5) is 22.0 Å². The summed E-state index contributed by atoms with van der Waals surface area (Å²) in [5.74, 6) is -11.0. The highest BCUT2D eigenvalue weighted by molar-refractivity contribution is 5.94. The summed E-state index contributed by atoms with van der Waals surface area (Å²) >= 11 is 0.